The topological polar surface area (TPSA) is 82.1 Å². The quantitative estimate of drug-likeness (QED) is 0.815. The summed E-state index contributed by atoms with van der Waals surface area (Å²) in [6.45, 7) is 5.22. The van der Waals surface area contributed by atoms with E-state index in [2.05, 4.69) is 32.0 Å². The Labute approximate surface area is 128 Å². The first-order valence-corrected chi connectivity index (χ1v) is 7.81. The van der Waals surface area contributed by atoms with Gasteiger partial charge in [0.05, 0.1) is 25.3 Å². The summed E-state index contributed by atoms with van der Waals surface area (Å²) >= 11 is 0. The predicted molar refractivity (Wildman–Crippen MR) is 76.0 cm³/mol. The molecule has 118 valence electrons. The van der Waals surface area contributed by atoms with E-state index in [4.69, 9.17) is 9.26 Å². The van der Waals surface area contributed by atoms with Crippen LogP contribution in [0.1, 0.15) is 43.4 Å². The second-order valence-corrected chi connectivity index (χ2v) is 6.05. The largest absolute Gasteiger partial charge is 0.374 e. The van der Waals surface area contributed by atoms with Gasteiger partial charge < -0.3 is 9.26 Å². The summed E-state index contributed by atoms with van der Waals surface area (Å²) < 4.78 is 13.1. The van der Waals surface area contributed by atoms with Gasteiger partial charge in [-0.1, -0.05) is 5.16 Å². The van der Waals surface area contributed by atoms with Crippen LogP contribution in [0.4, 0.5) is 0 Å². The van der Waals surface area contributed by atoms with E-state index in [9.17, 15) is 0 Å². The van der Waals surface area contributed by atoms with Gasteiger partial charge in [0.2, 0.25) is 5.89 Å². The smallest absolute Gasteiger partial charge is 0.243 e. The summed E-state index contributed by atoms with van der Waals surface area (Å²) in [5, 5.41) is 8.24. The zero-order valence-electron chi connectivity index (χ0n) is 12.6. The molecule has 2 fully saturated rings. The Hall–Kier alpha value is -1.80. The van der Waals surface area contributed by atoms with Crippen molar-refractivity contribution in [2.45, 2.75) is 44.4 Å². The van der Waals surface area contributed by atoms with Crippen LogP contribution in [0.15, 0.2) is 17.2 Å². The zero-order chi connectivity index (χ0) is 14.9. The zero-order valence-corrected chi connectivity index (χ0v) is 12.6. The molecule has 2 aromatic rings. The van der Waals surface area contributed by atoms with Gasteiger partial charge in [-0.3, -0.25) is 9.58 Å². The second-order valence-electron chi connectivity index (χ2n) is 6.05. The van der Waals surface area contributed by atoms with Crippen molar-refractivity contribution in [1.82, 2.24) is 29.8 Å². The first-order valence-electron chi connectivity index (χ1n) is 7.81. The maximum Gasteiger partial charge on any atom is 0.243 e. The van der Waals surface area contributed by atoms with Crippen LogP contribution in [-0.2, 0) is 11.3 Å². The molecule has 2 aliphatic rings. The first kappa shape index (κ1) is 13.8. The minimum Gasteiger partial charge on any atom is -0.374 e. The van der Waals surface area contributed by atoms with E-state index in [1.807, 2.05) is 0 Å². The van der Waals surface area contributed by atoms with Crippen LogP contribution in [0.3, 0.4) is 0 Å². The van der Waals surface area contributed by atoms with Gasteiger partial charge in [-0.05, 0) is 19.8 Å². The molecule has 2 atom stereocenters. The highest BCUT2D eigenvalue weighted by Crippen LogP contribution is 2.38. The van der Waals surface area contributed by atoms with Crippen LogP contribution < -0.4 is 0 Å². The van der Waals surface area contributed by atoms with E-state index in [0.29, 0.717) is 25.0 Å². The number of hydrogen-bond donors (Lipinski definition) is 0. The Morgan fingerprint density at radius 1 is 1.41 bits per heavy atom. The summed E-state index contributed by atoms with van der Waals surface area (Å²) in [5.74, 6) is 2.10. The molecule has 0 radical (unpaired) electrons. The van der Waals surface area contributed by atoms with Crippen molar-refractivity contribution in [2.24, 2.45) is 0 Å². The maximum absolute atomic E-state index is 5.82. The van der Waals surface area contributed by atoms with E-state index < -0.39 is 0 Å². The van der Waals surface area contributed by atoms with E-state index in [-0.39, 0.29) is 12.1 Å². The monoisotopic (exact) mass is 304 g/mol. The summed E-state index contributed by atoms with van der Waals surface area (Å²) in [4.78, 5) is 10.9. The van der Waals surface area contributed by atoms with E-state index >= 15 is 0 Å². The minimum absolute atomic E-state index is 0.101. The first-order chi connectivity index (χ1) is 10.8. The van der Waals surface area contributed by atoms with Crippen LogP contribution in [0, 0.1) is 0 Å². The molecule has 0 N–H and O–H groups in total. The van der Waals surface area contributed by atoms with E-state index in [1.165, 1.54) is 12.8 Å². The number of nitrogens with zero attached hydrogens (tertiary/aromatic N) is 6. The van der Waals surface area contributed by atoms with Gasteiger partial charge in [0.25, 0.3) is 0 Å². The minimum atomic E-state index is 0.101. The van der Waals surface area contributed by atoms with Gasteiger partial charge in [-0.15, -0.1) is 0 Å². The fraction of sp³-hybridized carbons (Fsp3) is 0.714. The molecule has 3 heterocycles. The molecular formula is C14H20N6O2. The molecule has 8 heteroatoms. The molecule has 1 saturated heterocycles. The van der Waals surface area contributed by atoms with Crippen LogP contribution in [0.25, 0.3) is 0 Å². The van der Waals surface area contributed by atoms with Crippen molar-refractivity contribution in [1.29, 1.82) is 0 Å². The molecule has 8 nitrogen and oxygen atoms in total. The van der Waals surface area contributed by atoms with Gasteiger partial charge in [0.15, 0.2) is 5.82 Å². The van der Waals surface area contributed by atoms with Crippen molar-refractivity contribution >= 4 is 0 Å². The van der Waals surface area contributed by atoms with E-state index in [1.54, 1.807) is 17.3 Å². The van der Waals surface area contributed by atoms with Crippen molar-refractivity contribution in [3.63, 3.8) is 0 Å². The molecule has 1 aliphatic heterocycles. The fourth-order valence-electron chi connectivity index (χ4n) is 2.82. The van der Waals surface area contributed by atoms with Crippen molar-refractivity contribution in [3.8, 4) is 0 Å². The molecule has 0 unspecified atom stereocenters. The van der Waals surface area contributed by atoms with Gasteiger partial charge >= 0.3 is 0 Å². The summed E-state index contributed by atoms with van der Waals surface area (Å²) in [6.07, 6.45) is 5.73. The van der Waals surface area contributed by atoms with Crippen LogP contribution in [0.2, 0.25) is 0 Å². The number of ether oxygens (including phenoxy) is 1. The number of aromatic nitrogens is 5. The average molecular weight is 304 g/mol. The van der Waals surface area contributed by atoms with Gasteiger partial charge in [0.1, 0.15) is 12.7 Å². The third-order valence-electron chi connectivity index (χ3n) is 4.33. The average Bonchev–Trinajstić information content (AvgIpc) is 3.06. The molecule has 1 saturated carbocycles. The van der Waals surface area contributed by atoms with Crippen molar-refractivity contribution in [2.75, 3.05) is 19.7 Å². The van der Waals surface area contributed by atoms with E-state index in [0.717, 1.165) is 18.9 Å². The molecule has 22 heavy (non-hydrogen) atoms. The van der Waals surface area contributed by atoms with Gasteiger partial charge in [-0.2, -0.15) is 10.1 Å². The highest BCUT2D eigenvalue weighted by atomic mass is 16.5. The second kappa shape index (κ2) is 5.77. The molecular weight excluding hydrogens is 284 g/mol. The van der Waals surface area contributed by atoms with Gasteiger partial charge in [0, 0.05) is 19.0 Å². The lowest BCUT2D eigenvalue weighted by Gasteiger charge is -2.35. The third-order valence-corrected chi connectivity index (χ3v) is 4.33. The normalized spacial score (nSPS) is 24.5. The molecule has 1 aliphatic carbocycles. The lowest BCUT2D eigenvalue weighted by Crippen LogP contribution is -2.45. The van der Waals surface area contributed by atoms with Crippen LogP contribution in [0.5, 0.6) is 0 Å². The summed E-state index contributed by atoms with van der Waals surface area (Å²) in [7, 11) is 0. The Kier molecular flexibility index (Phi) is 3.63. The third kappa shape index (κ3) is 2.89. The molecule has 0 aromatic carbocycles. The molecule has 2 aromatic heterocycles. The Morgan fingerprint density at radius 3 is 3.09 bits per heavy atom. The lowest BCUT2D eigenvalue weighted by molar-refractivity contribution is -0.0532. The van der Waals surface area contributed by atoms with Crippen LogP contribution >= 0.6 is 0 Å². The molecule has 4 rings (SSSR count). The maximum atomic E-state index is 5.82. The fourth-order valence-corrected chi connectivity index (χ4v) is 2.82. The highest BCUT2D eigenvalue weighted by molar-refractivity contribution is 5.04. The summed E-state index contributed by atoms with van der Waals surface area (Å²) in [6, 6.07) is 0.113. The molecule has 0 bridgehead atoms. The standard InChI is InChI=1S/C14H20N6O2/c1-10(14-17-13(18-22-14)11-2-3-11)19-4-5-21-12(6-19)7-20-9-15-8-16-20/h8-12H,2-7H2,1H3/t10-,12-/m1/s1. The Bertz CT molecular complexity index is 609. The summed E-state index contributed by atoms with van der Waals surface area (Å²) in [5.41, 5.74) is 0. The molecule has 0 spiro atoms. The van der Waals surface area contributed by atoms with Crippen LogP contribution in [-0.4, -0.2) is 55.6 Å². The number of morpholine rings is 1. The predicted octanol–water partition coefficient (Wildman–Crippen LogP) is 1.00. The number of hydrogen-bond acceptors (Lipinski definition) is 7. The Morgan fingerprint density at radius 2 is 2.32 bits per heavy atom. The molecule has 0 amide bonds. The lowest BCUT2D eigenvalue weighted by atomic mass is 10.2. The highest BCUT2D eigenvalue weighted by Gasteiger charge is 2.32. The SMILES string of the molecule is C[C@H](c1nc(C2CC2)no1)N1CCO[C@@H](Cn2cncn2)C1. The van der Waals surface area contributed by atoms with Crippen molar-refractivity contribution in [3.05, 3.63) is 24.4 Å². The Balaban J connectivity index is 1.39. The number of rotatable bonds is 5. The van der Waals surface area contributed by atoms with Crippen molar-refractivity contribution < 1.29 is 9.26 Å². The van der Waals surface area contributed by atoms with Gasteiger partial charge in [-0.25, -0.2) is 4.98 Å².